The summed E-state index contributed by atoms with van der Waals surface area (Å²) in [5.74, 6) is 0. The monoisotopic (exact) mass is 746 g/mol. The molecule has 0 unspecified atom stereocenters. The first-order valence-electron chi connectivity index (χ1n) is 33.1. The van der Waals surface area contributed by atoms with Gasteiger partial charge in [0.1, 0.15) is 11.2 Å². The maximum Gasteiger partial charge on any atom is 0.136 e. The van der Waals surface area contributed by atoms with Crippen LogP contribution in [-0.4, -0.2) is 0 Å². The minimum atomic E-state index is -1.01. The molecule has 0 saturated carbocycles. The predicted molar refractivity (Wildman–Crippen MR) is 238 cm³/mol. The SMILES string of the molecule is [2H]c1c([2H])c([2H])c(-c2c([2H])c([2H])c3c(oc4c([2H])c([2H])c(-c5c([2H])c([2H])c6c([2H])c([2H])c([2H])c([2H])c6c5Cc5c6c([2H])c([2H])c([2H])c([2H])c6c(CCc6c([2H])c([2H])c7c([2H])c([2H])c([2H])c([2H])c7c6[2H])c6c([2H])c([2H])c([2H])c([2H])c56)c([2H])c43)c2[2H])c([2H])c1[2H]. The molecule has 0 bridgehead atoms. The molecule has 0 aliphatic heterocycles. The van der Waals surface area contributed by atoms with Crippen LogP contribution in [0.5, 0.6) is 0 Å². The average Bonchev–Trinajstić information content (AvgIpc) is 1.07. The molecule has 0 fully saturated rings. The molecule has 0 spiro atoms. The van der Waals surface area contributed by atoms with Crippen LogP contribution in [0, 0.1) is 0 Å². The number of benzene rings is 10. The number of rotatable bonds is 7. The summed E-state index contributed by atoms with van der Waals surface area (Å²) in [6, 6.07) is -27.0. The first-order valence-corrected chi connectivity index (χ1v) is 17.1. The minimum Gasteiger partial charge on any atom is -0.456 e. The number of hydrogen-bond acceptors (Lipinski definition) is 1. The molecule has 0 radical (unpaired) electrons. The van der Waals surface area contributed by atoms with Gasteiger partial charge in [0.25, 0.3) is 0 Å². The van der Waals surface area contributed by atoms with Crippen molar-refractivity contribution in [3.8, 4) is 22.3 Å². The van der Waals surface area contributed by atoms with Crippen LogP contribution in [-0.2, 0) is 19.3 Å². The summed E-state index contributed by atoms with van der Waals surface area (Å²) in [5, 5.41) is -5.09. The lowest BCUT2D eigenvalue weighted by atomic mass is 9.84. The molecule has 1 nitrogen and oxygen atoms in total. The third-order valence-electron chi connectivity index (χ3n) is 9.48. The fraction of sp³-hybridized carbons (Fsp3) is 0.0545. The lowest BCUT2D eigenvalue weighted by Gasteiger charge is -2.20. The molecule has 11 rings (SSSR count). The summed E-state index contributed by atoms with van der Waals surface area (Å²) in [4.78, 5) is 0. The van der Waals surface area contributed by atoms with Crippen LogP contribution in [0.15, 0.2) is 198 Å². The van der Waals surface area contributed by atoms with Gasteiger partial charge in [-0.2, -0.15) is 0 Å². The van der Waals surface area contributed by atoms with E-state index in [4.69, 9.17) is 30.5 Å². The molecule has 0 saturated heterocycles. The van der Waals surface area contributed by atoms with E-state index in [-0.39, 0.29) is 11.1 Å². The standard InChI is InChI=1S/C55H38O/c1-2-12-37(13-3-1)41-26-30-50-53-33-42(27-31-54(53)56-55(50)34-41)44-29-25-39-15-6-7-17-43(39)51(44)35-52-47-20-10-8-18-45(47)49(46-19-9-11-21-48(46)52)28-23-36-22-24-38-14-4-5-16-40(38)32-36/h1-22,24-27,29-34H,23,28,35H2/i1D,2D,3D,4D,5D,6D,7D,8D,9D,10D,11D,12D,13D,14D,15D,16D,17D,18D,19D,20D,21D,22D,24D,25D,26D,27D,29D,30D,31D,32D,33D,34D. The highest BCUT2D eigenvalue weighted by atomic mass is 16.3. The summed E-state index contributed by atoms with van der Waals surface area (Å²) in [7, 11) is 0. The summed E-state index contributed by atoms with van der Waals surface area (Å²) < 4.78 is 295. The van der Waals surface area contributed by atoms with Crippen molar-refractivity contribution in [3.63, 3.8) is 0 Å². The number of furan rings is 1. The largest absolute Gasteiger partial charge is 0.456 e. The van der Waals surface area contributed by atoms with Gasteiger partial charge in [-0.25, -0.2) is 0 Å². The second-order valence-corrected chi connectivity index (χ2v) is 12.6. The van der Waals surface area contributed by atoms with Crippen LogP contribution in [0.1, 0.15) is 66.1 Å². The summed E-state index contributed by atoms with van der Waals surface area (Å²) in [6.45, 7) is 0. The number of aryl methyl sites for hydroxylation is 1. The van der Waals surface area contributed by atoms with Crippen molar-refractivity contribution in [2.75, 3.05) is 0 Å². The van der Waals surface area contributed by atoms with Crippen molar-refractivity contribution in [1.29, 1.82) is 0 Å². The smallest absolute Gasteiger partial charge is 0.136 e. The highest BCUT2D eigenvalue weighted by molar-refractivity contribution is 6.09. The Labute approximate surface area is 371 Å². The van der Waals surface area contributed by atoms with Gasteiger partial charge in [-0.15, -0.1) is 0 Å². The molecular weight excluding hydrogens is 677 g/mol. The average molecular weight is 747 g/mol. The molecule has 0 aliphatic rings. The van der Waals surface area contributed by atoms with Gasteiger partial charge in [-0.1, -0.05) is 169 Å². The molecule has 0 N–H and O–H groups in total. The lowest BCUT2D eigenvalue weighted by Crippen LogP contribution is -2.01. The highest BCUT2D eigenvalue weighted by Crippen LogP contribution is 2.41. The molecule has 0 atom stereocenters. The van der Waals surface area contributed by atoms with Crippen LogP contribution < -0.4 is 0 Å². The zero-order chi connectivity index (χ0) is 64.9. The summed E-state index contributed by atoms with van der Waals surface area (Å²) in [6.07, 6.45) is -2.11. The third kappa shape index (κ3) is 5.55. The van der Waals surface area contributed by atoms with Crippen LogP contribution in [0.25, 0.3) is 87.3 Å². The second kappa shape index (κ2) is 13.4. The predicted octanol–water partition coefficient (Wildman–Crippen LogP) is 14.9. The molecule has 0 aliphatic carbocycles. The molecule has 10 aromatic carbocycles. The van der Waals surface area contributed by atoms with E-state index in [1.807, 2.05) is 0 Å². The van der Waals surface area contributed by atoms with Gasteiger partial charge in [-0.05, 0) is 131 Å². The molecular formula is C55H38O. The Bertz CT molecular complexity index is 5030. The van der Waals surface area contributed by atoms with E-state index in [2.05, 4.69) is 0 Å². The maximum atomic E-state index is 9.93. The van der Waals surface area contributed by atoms with Crippen LogP contribution in [0.4, 0.5) is 0 Å². The van der Waals surface area contributed by atoms with Gasteiger partial charge in [-0.3, -0.25) is 0 Å². The molecule has 56 heavy (non-hydrogen) atoms. The van der Waals surface area contributed by atoms with Crippen molar-refractivity contribution in [3.05, 3.63) is 216 Å². The Morgan fingerprint density at radius 2 is 0.964 bits per heavy atom. The van der Waals surface area contributed by atoms with Gasteiger partial charge < -0.3 is 4.42 Å². The van der Waals surface area contributed by atoms with Crippen molar-refractivity contribution in [2.45, 2.75) is 19.3 Å². The van der Waals surface area contributed by atoms with Crippen molar-refractivity contribution in [2.24, 2.45) is 0 Å². The molecule has 1 heterocycles. The third-order valence-corrected chi connectivity index (χ3v) is 9.48. The number of hydrogen-bond donors (Lipinski definition) is 0. The molecule has 11 aromatic rings. The Morgan fingerprint density at radius 1 is 0.339 bits per heavy atom. The Balaban J connectivity index is 1.28. The fourth-order valence-electron chi connectivity index (χ4n) is 6.94. The topological polar surface area (TPSA) is 13.1 Å². The Hall–Kier alpha value is -6.96. The Kier molecular flexibility index (Phi) is 3.27. The summed E-state index contributed by atoms with van der Waals surface area (Å²) >= 11 is 0. The van der Waals surface area contributed by atoms with Crippen LogP contribution >= 0.6 is 0 Å². The minimum absolute atomic E-state index is 0.246. The lowest BCUT2D eigenvalue weighted by molar-refractivity contribution is 0.669. The molecule has 1 heteroatoms. The van der Waals surface area contributed by atoms with Gasteiger partial charge in [0.05, 0.1) is 43.9 Å². The van der Waals surface area contributed by atoms with E-state index in [0.29, 0.717) is 0 Å². The van der Waals surface area contributed by atoms with Crippen LogP contribution in [0.3, 0.4) is 0 Å². The highest BCUT2D eigenvalue weighted by Gasteiger charge is 2.19. The van der Waals surface area contributed by atoms with Gasteiger partial charge in [0.15, 0.2) is 0 Å². The van der Waals surface area contributed by atoms with E-state index < -0.39 is 311 Å². The summed E-state index contributed by atoms with van der Waals surface area (Å²) in [5.41, 5.74) is -5.69. The van der Waals surface area contributed by atoms with E-state index in [1.54, 1.807) is 0 Å². The molecule has 0 amide bonds. The Morgan fingerprint density at radius 3 is 1.73 bits per heavy atom. The molecule has 1 aromatic heterocycles. The maximum absolute atomic E-state index is 9.93. The normalized spacial score (nSPS) is 19.8. The van der Waals surface area contributed by atoms with E-state index in [0.717, 1.165) is 0 Å². The fourth-order valence-corrected chi connectivity index (χ4v) is 6.94. The van der Waals surface area contributed by atoms with Crippen molar-refractivity contribution < 1.29 is 48.3 Å². The van der Waals surface area contributed by atoms with Crippen LogP contribution in [0.2, 0.25) is 0 Å². The van der Waals surface area contributed by atoms with E-state index in [1.165, 1.54) is 0 Å². The quantitative estimate of drug-likeness (QED) is 0.148. The van der Waals surface area contributed by atoms with Gasteiger partial charge >= 0.3 is 0 Å². The second-order valence-electron chi connectivity index (χ2n) is 12.6. The van der Waals surface area contributed by atoms with Crippen molar-refractivity contribution >= 4 is 65.0 Å². The first-order chi connectivity index (χ1) is 41.1. The van der Waals surface area contributed by atoms with Gasteiger partial charge in [0, 0.05) is 10.8 Å². The number of fused-ring (bicyclic) bond motifs is 7. The first kappa shape index (κ1) is 13.7. The van der Waals surface area contributed by atoms with E-state index >= 15 is 0 Å². The molecule has 264 valence electrons. The van der Waals surface area contributed by atoms with E-state index in [9.17, 15) is 17.8 Å². The van der Waals surface area contributed by atoms with Gasteiger partial charge in [0.2, 0.25) is 0 Å². The zero-order valence-corrected chi connectivity index (χ0v) is 28.5. The zero-order valence-electron chi connectivity index (χ0n) is 60.5. The van der Waals surface area contributed by atoms with Crippen molar-refractivity contribution in [1.82, 2.24) is 0 Å².